The Balaban J connectivity index is 2.14. The van der Waals surface area contributed by atoms with Crippen molar-refractivity contribution in [3.05, 3.63) is 45.2 Å². The Hall–Kier alpha value is -2.01. The van der Waals surface area contributed by atoms with Gasteiger partial charge in [-0.1, -0.05) is 11.6 Å². The molecule has 1 aromatic heterocycles. The Morgan fingerprint density at radius 3 is 2.59 bits per heavy atom. The minimum atomic E-state index is -0.557. The van der Waals surface area contributed by atoms with Crippen molar-refractivity contribution in [2.75, 3.05) is 6.54 Å². The SMILES string of the molecule is CC(C)n1c(C2CCCN2C(=O)OC(C)(C)C)cc(=O)c2ccc(Cl)cc21. The molecule has 6 heteroatoms. The minimum Gasteiger partial charge on any atom is -0.444 e. The van der Waals surface area contributed by atoms with Gasteiger partial charge < -0.3 is 9.30 Å². The van der Waals surface area contributed by atoms with Crippen LogP contribution < -0.4 is 5.43 Å². The van der Waals surface area contributed by atoms with Gasteiger partial charge in [0.2, 0.25) is 0 Å². The number of amides is 1. The predicted molar refractivity (Wildman–Crippen MR) is 109 cm³/mol. The molecule has 3 rings (SSSR count). The van der Waals surface area contributed by atoms with E-state index < -0.39 is 5.60 Å². The van der Waals surface area contributed by atoms with Crippen LogP contribution in [0, 0.1) is 0 Å². The quantitative estimate of drug-likeness (QED) is 0.698. The summed E-state index contributed by atoms with van der Waals surface area (Å²) in [7, 11) is 0. The lowest BCUT2D eigenvalue weighted by molar-refractivity contribution is 0.0218. The van der Waals surface area contributed by atoms with Crippen LogP contribution in [0.1, 0.15) is 65.2 Å². The third kappa shape index (κ3) is 3.98. The first-order valence-corrected chi connectivity index (χ1v) is 9.80. The lowest BCUT2D eigenvalue weighted by Gasteiger charge is -2.31. The van der Waals surface area contributed by atoms with Crippen molar-refractivity contribution in [1.82, 2.24) is 9.47 Å². The molecule has 1 fully saturated rings. The van der Waals surface area contributed by atoms with E-state index in [1.54, 1.807) is 23.1 Å². The van der Waals surface area contributed by atoms with Gasteiger partial charge >= 0.3 is 6.09 Å². The molecule has 0 radical (unpaired) electrons. The molecule has 1 saturated heterocycles. The van der Waals surface area contributed by atoms with Gasteiger partial charge in [-0.15, -0.1) is 0 Å². The van der Waals surface area contributed by atoms with Crippen LogP contribution in [-0.2, 0) is 4.74 Å². The van der Waals surface area contributed by atoms with E-state index in [1.807, 2.05) is 26.8 Å². The minimum absolute atomic E-state index is 0.0513. The molecule has 0 bridgehead atoms. The van der Waals surface area contributed by atoms with Crippen LogP contribution in [-0.4, -0.2) is 27.7 Å². The third-order valence-corrected chi connectivity index (χ3v) is 5.02. The van der Waals surface area contributed by atoms with E-state index in [2.05, 4.69) is 18.4 Å². The summed E-state index contributed by atoms with van der Waals surface area (Å²) in [5.74, 6) is 0. The normalized spacial score (nSPS) is 17.7. The number of benzene rings is 1. The van der Waals surface area contributed by atoms with Crippen LogP contribution in [0.4, 0.5) is 4.79 Å². The Bertz CT molecular complexity index is 927. The number of halogens is 1. The molecule has 1 amide bonds. The molecule has 1 aliphatic heterocycles. The molecular formula is C21H27ClN2O3. The first kappa shape index (κ1) is 19.7. The van der Waals surface area contributed by atoms with Crippen LogP contribution in [0.5, 0.6) is 0 Å². The molecule has 0 N–H and O–H groups in total. The second-order valence-corrected chi connectivity index (χ2v) is 8.83. The van der Waals surface area contributed by atoms with Crippen LogP contribution >= 0.6 is 11.6 Å². The van der Waals surface area contributed by atoms with Gasteiger partial charge in [0, 0.05) is 34.8 Å². The van der Waals surface area contributed by atoms with Crippen LogP contribution in [0.25, 0.3) is 10.9 Å². The highest BCUT2D eigenvalue weighted by Gasteiger charge is 2.35. The topological polar surface area (TPSA) is 51.5 Å². The Morgan fingerprint density at radius 1 is 1.26 bits per heavy atom. The Labute approximate surface area is 164 Å². The molecule has 1 aliphatic rings. The molecule has 0 spiro atoms. The van der Waals surface area contributed by atoms with Gasteiger partial charge in [-0.25, -0.2) is 4.79 Å². The van der Waals surface area contributed by atoms with Crippen LogP contribution in [0.3, 0.4) is 0 Å². The lowest BCUT2D eigenvalue weighted by atomic mass is 10.1. The maximum atomic E-state index is 12.8. The van der Waals surface area contributed by atoms with Crippen molar-refractivity contribution >= 4 is 28.6 Å². The van der Waals surface area contributed by atoms with Gasteiger partial charge in [-0.2, -0.15) is 0 Å². The van der Waals surface area contributed by atoms with Gasteiger partial charge in [0.15, 0.2) is 5.43 Å². The number of likely N-dealkylation sites (tertiary alicyclic amines) is 1. The Morgan fingerprint density at radius 2 is 1.96 bits per heavy atom. The number of hydrogen-bond acceptors (Lipinski definition) is 3. The molecule has 2 heterocycles. The maximum absolute atomic E-state index is 12.8. The number of hydrogen-bond donors (Lipinski definition) is 0. The van der Waals surface area contributed by atoms with Gasteiger partial charge in [-0.05, 0) is 65.7 Å². The molecule has 27 heavy (non-hydrogen) atoms. The molecule has 5 nitrogen and oxygen atoms in total. The number of nitrogens with zero attached hydrogens (tertiary/aromatic N) is 2. The number of pyridine rings is 1. The summed E-state index contributed by atoms with van der Waals surface area (Å²) >= 11 is 6.21. The molecule has 2 aromatic rings. The van der Waals surface area contributed by atoms with E-state index in [1.165, 1.54) is 0 Å². The standard InChI is InChI=1S/C21H27ClN2O3/c1-13(2)24-17-11-14(22)8-9-15(17)19(25)12-18(24)16-7-6-10-23(16)20(26)27-21(3,4)5/h8-9,11-13,16H,6-7,10H2,1-5H3. The Kier molecular flexibility index (Phi) is 5.26. The molecule has 1 unspecified atom stereocenters. The largest absolute Gasteiger partial charge is 0.444 e. The third-order valence-electron chi connectivity index (χ3n) is 4.78. The van der Waals surface area contributed by atoms with E-state index in [-0.39, 0.29) is 23.6 Å². The fourth-order valence-electron chi connectivity index (χ4n) is 3.78. The zero-order chi connectivity index (χ0) is 19.9. The van der Waals surface area contributed by atoms with E-state index in [0.29, 0.717) is 17.0 Å². The van der Waals surface area contributed by atoms with Gasteiger partial charge in [-0.3, -0.25) is 9.69 Å². The van der Waals surface area contributed by atoms with E-state index in [0.717, 1.165) is 24.1 Å². The first-order valence-electron chi connectivity index (χ1n) is 9.43. The number of rotatable bonds is 2. The molecule has 0 saturated carbocycles. The van der Waals surface area contributed by atoms with Gasteiger partial charge in [0.05, 0.1) is 11.6 Å². The summed E-state index contributed by atoms with van der Waals surface area (Å²) in [5.41, 5.74) is 1.03. The fraction of sp³-hybridized carbons (Fsp3) is 0.524. The summed E-state index contributed by atoms with van der Waals surface area (Å²) in [4.78, 5) is 27.2. The average Bonchev–Trinajstić information content (AvgIpc) is 3.01. The van der Waals surface area contributed by atoms with Crippen molar-refractivity contribution in [3.63, 3.8) is 0 Å². The van der Waals surface area contributed by atoms with Gasteiger partial charge in [0.1, 0.15) is 5.60 Å². The van der Waals surface area contributed by atoms with Gasteiger partial charge in [0.25, 0.3) is 0 Å². The second kappa shape index (κ2) is 7.19. The summed E-state index contributed by atoms with van der Waals surface area (Å²) in [6, 6.07) is 6.93. The summed E-state index contributed by atoms with van der Waals surface area (Å²) in [6.07, 6.45) is 1.35. The number of carbonyl (C=O) groups excluding carboxylic acids is 1. The zero-order valence-corrected chi connectivity index (χ0v) is 17.3. The number of aromatic nitrogens is 1. The highest BCUT2D eigenvalue weighted by molar-refractivity contribution is 6.31. The highest BCUT2D eigenvalue weighted by Crippen LogP contribution is 2.35. The van der Waals surface area contributed by atoms with Crippen molar-refractivity contribution in [3.8, 4) is 0 Å². The van der Waals surface area contributed by atoms with E-state index >= 15 is 0 Å². The van der Waals surface area contributed by atoms with E-state index in [4.69, 9.17) is 16.3 Å². The molecule has 0 aliphatic carbocycles. The number of ether oxygens (including phenoxy) is 1. The molecule has 1 atom stereocenters. The van der Waals surface area contributed by atoms with Crippen LogP contribution in [0.2, 0.25) is 5.02 Å². The lowest BCUT2D eigenvalue weighted by Crippen LogP contribution is -2.37. The fourth-order valence-corrected chi connectivity index (χ4v) is 3.95. The summed E-state index contributed by atoms with van der Waals surface area (Å²) in [5, 5.41) is 1.22. The summed E-state index contributed by atoms with van der Waals surface area (Å²) in [6.45, 7) is 10.3. The number of carbonyl (C=O) groups is 1. The van der Waals surface area contributed by atoms with E-state index in [9.17, 15) is 9.59 Å². The highest BCUT2D eigenvalue weighted by atomic mass is 35.5. The van der Waals surface area contributed by atoms with Crippen molar-refractivity contribution in [2.45, 2.75) is 65.1 Å². The average molecular weight is 391 g/mol. The van der Waals surface area contributed by atoms with Crippen molar-refractivity contribution in [2.24, 2.45) is 0 Å². The maximum Gasteiger partial charge on any atom is 0.410 e. The molecule has 1 aromatic carbocycles. The van der Waals surface area contributed by atoms with Crippen molar-refractivity contribution < 1.29 is 9.53 Å². The monoisotopic (exact) mass is 390 g/mol. The summed E-state index contributed by atoms with van der Waals surface area (Å²) < 4.78 is 7.71. The van der Waals surface area contributed by atoms with Crippen molar-refractivity contribution in [1.29, 1.82) is 0 Å². The van der Waals surface area contributed by atoms with Crippen LogP contribution in [0.15, 0.2) is 29.1 Å². The second-order valence-electron chi connectivity index (χ2n) is 8.39. The smallest absolute Gasteiger partial charge is 0.410 e. The molecule has 146 valence electrons. The first-order chi connectivity index (χ1) is 12.6. The number of fused-ring (bicyclic) bond motifs is 1. The zero-order valence-electron chi connectivity index (χ0n) is 16.6. The molecular weight excluding hydrogens is 364 g/mol. The predicted octanol–water partition coefficient (Wildman–Crippen LogP) is 5.31.